The van der Waals surface area contributed by atoms with E-state index in [-0.39, 0.29) is 5.97 Å². The van der Waals surface area contributed by atoms with E-state index in [1.165, 1.54) is 25.7 Å². The van der Waals surface area contributed by atoms with Crippen LogP contribution in [0.4, 0.5) is 0 Å². The van der Waals surface area contributed by atoms with Crippen molar-refractivity contribution in [1.82, 2.24) is 4.90 Å². The Labute approximate surface area is 131 Å². The molecule has 0 aliphatic rings. The van der Waals surface area contributed by atoms with Crippen molar-refractivity contribution in [2.75, 3.05) is 26.2 Å². The van der Waals surface area contributed by atoms with Gasteiger partial charge in [0, 0.05) is 12.1 Å². The van der Waals surface area contributed by atoms with Gasteiger partial charge in [-0.1, -0.05) is 34.3 Å². The highest BCUT2D eigenvalue weighted by Crippen LogP contribution is 2.08. The van der Waals surface area contributed by atoms with Gasteiger partial charge in [-0.05, 0) is 57.5 Å². The molecule has 0 aliphatic carbocycles. The minimum atomic E-state index is -0.278. The first kappa shape index (κ1) is 20.2. The highest BCUT2D eigenvalue weighted by Gasteiger charge is 2.08. The predicted molar refractivity (Wildman–Crippen MR) is 90.4 cm³/mol. The van der Waals surface area contributed by atoms with Crippen molar-refractivity contribution in [3.63, 3.8) is 0 Å². The lowest BCUT2D eigenvalue weighted by atomic mass is 10.1. The zero-order valence-corrected chi connectivity index (χ0v) is 14.8. The largest absolute Gasteiger partial charge is 0.461 e. The molecule has 0 aromatic heterocycles. The molecule has 0 N–H and O–H groups in total. The Kier molecular flexibility index (Phi) is 11.3. The smallest absolute Gasteiger partial charge is 0.333 e. The van der Waals surface area contributed by atoms with Crippen LogP contribution < -0.4 is 0 Å². The fraction of sp³-hybridized carbons (Fsp3) is 0.833. The van der Waals surface area contributed by atoms with Gasteiger partial charge in [0.2, 0.25) is 0 Å². The van der Waals surface area contributed by atoms with E-state index in [1.807, 2.05) is 0 Å². The quantitative estimate of drug-likeness (QED) is 0.398. The molecule has 3 heteroatoms. The highest BCUT2D eigenvalue weighted by molar-refractivity contribution is 5.86. The summed E-state index contributed by atoms with van der Waals surface area (Å²) in [6.07, 6.45) is 4.94. The standard InChI is InChI=1S/C18H35NO2/c1-15(2)9-7-11-19(12-8-10-16(3)4)13-14-21-18(20)17(5)6/h15-16H,5,7-14H2,1-4,6H3. The van der Waals surface area contributed by atoms with Crippen LogP contribution in [0, 0.1) is 11.8 Å². The third kappa shape index (κ3) is 12.6. The van der Waals surface area contributed by atoms with Gasteiger partial charge < -0.3 is 4.74 Å². The van der Waals surface area contributed by atoms with E-state index in [9.17, 15) is 4.79 Å². The number of rotatable bonds is 12. The van der Waals surface area contributed by atoms with E-state index in [0.717, 1.165) is 31.5 Å². The molecule has 0 saturated heterocycles. The molecule has 0 aromatic carbocycles. The average Bonchev–Trinajstić information content (AvgIpc) is 2.36. The molecule has 0 aliphatic heterocycles. The Balaban J connectivity index is 4.04. The summed E-state index contributed by atoms with van der Waals surface area (Å²) in [5.41, 5.74) is 0.473. The third-order valence-corrected chi connectivity index (χ3v) is 3.50. The van der Waals surface area contributed by atoms with Crippen molar-refractivity contribution in [2.45, 2.75) is 60.3 Å². The average molecular weight is 297 g/mol. The summed E-state index contributed by atoms with van der Waals surface area (Å²) in [4.78, 5) is 13.8. The molecule has 0 fully saturated rings. The normalized spacial score (nSPS) is 11.4. The fourth-order valence-corrected chi connectivity index (χ4v) is 2.17. The highest BCUT2D eigenvalue weighted by atomic mass is 16.5. The Morgan fingerprint density at radius 3 is 1.86 bits per heavy atom. The number of carbonyl (C=O) groups excluding carboxylic acids is 1. The molecule has 0 atom stereocenters. The lowest BCUT2D eigenvalue weighted by Crippen LogP contribution is -2.31. The monoisotopic (exact) mass is 297 g/mol. The van der Waals surface area contributed by atoms with Gasteiger partial charge in [-0.3, -0.25) is 4.90 Å². The topological polar surface area (TPSA) is 29.5 Å². The van der Waals surface area contributed by atoms with E-state index < -0.39 is 0 Å². The van der Waals surface area contributed by atoms with Gasteiger partial charge in [0.1, 0.15) is 6.61 Å². The van der Waals surface area contributed by atoms with Gasteiger partial charge in [-0.2, -0.15) is 0 Å². The summed E-state index contributed by atoms with van der Waals surface area (Å²) < 4.78 is 5.21. The van der Waals surface area contributed by atoms with Crippen LogP contribution in [0.15, 0.2) is 12.2 Å². The summed E-state index contributed by atoms with van der Waals surface area (Å²) in [7, 11) is 0. The number of ether oxygens (including phenoxy) is 1. The van der Waals surface area contributed by atoms with Gasteiger partial charge in [-0.15, -0.1) is 0 Å². The van der Waals surface area contributed by atoms with Crippen molar-refractivity contribution < 1.29 is 9.53 Å². The summed E-state index contributed by atoms with van der Waals surface area (Å²) in [5.74, 6) is 1.23. The SMILES string of the molecule is C=C(C)C(=O)OCCN(CCCC(C)C)CCCC(C)C. The molecule has 21 heavy (non-hydrogen) atoms. The first-order valence-corrected chi connectivity index (χ1v) is 8.38. The maximum Gasteiger partial charge on any atom is 0.333 e. The Bertz CT molecular complexity index is 284. The first-order valence-electron chi connectivity index (χ1n) is 8.38. The van der Waals surface area contributed by atoms with Crippen LogP contribution in [0.25, 0.3) is 0 Å². The minimum absolute atomic E-state index is 0.278. The van der Waals surface area contributed by atoms with Gasteiger partial charge in [0.15, 0.2) is 0 Å². The summed E-state index contributed by atoms with van der Waals surface area (Å²) in [5, 5.41) is 0. The van der Waals surface area contributed by atoms with Crippen molar-refractivity contribution in [1.29, 1.82) is 0 Å². The molecule has 0 unspecified atom stereocenters. The van der Waals surface area contributed by atoms with Crippen LogP contribution in [0.1, 0.15) is 60.3 Å². The summed E-state index contributed by atoms with van der Waals surface area (Å²) in [6.45, 7) is 17.8. The minimum Gasteiger partial charge on any atom is -0.461 e. The van der Waals surface area contributed by atoms with Crippen molar-refractivity contribution in [3.8, 4) is 0 Å². The molecule has 0 aromatic rings. The second-order valence-electron chi connectivity index (χ2n) is 6.83. The number of hydrogen-bond acceptors (Lipinski definition) is 3. The lowest BCUT2D eigenvalue weighted by molar-refractivity contribution is -0.139. The van der Waals surface area contributed by atoms with Crippen LogP contribution in [0.5, 0.6) is 0 Å². The van der Waals surface area contributed by atoms with Crippen molar-refractivity contribution in [3.05, 3.63) is 12.2 Å². The van der Waals surface area contributed by atoms with Crippen LogP contribution in [0.3, 0.4) is 0 Å². The second-order valence-corrected chi connectivity index (χ2v) is 6.83. The second kappa shape index (κ2) is 11.8. The maximum atomic E-state index is 11.4. The fourth-order valence-electron chi connectivity index (χ4n) is 2.17. The van der Waals surface area contributed by atoms with Gasteiger partial charge in [0.05, 0.1) is 0 Å². The van der Waals surface area contributed by atoms with Crippen LogP contribution in [-0.2, 0) is 9.53 Å². The molecule has 0 spiro atoms. The summed E-state index contributed by atoms with van der Waals surface area (Å²) >= 11 is 0. The molecule has 3 nitrogen and oxygen atoms in total. The van der Waals surface area contributed by atoms with E-state index in [2.05, 4.69) is 39.2 Å². The van der Waals surface area contributed by atoms with Crippen LogP contribution in [0.2, 0.25) is 0 Å². The maximum absolute atomic E-state index is 11.4. The third-order valence-electron chi connectivity index (χ3n) is 3.50. The van der Waals surface area contributed by atoms with Crippen molar-refractivity contribution in [2.24, 2.45) is 11.8 Å². The zero-order valence-electron chi connectivity index (χ0n) is 14.8. The van der Waals surface area contributed by atoms with Gasteiger partial charge in [0.25, 0.3) is 0 Å². The molecule has 0 radical (unpaired) electrons. The first-order chi connectivity index (χ1) is 9.82. The number of carbonyl (C=O) groups is 1. The Morgan fingerprint density at radius 1 is 1.00 bits per heavy atom. The predicted octanol–water partition coefficient (Wildman–Crippen LogP) is 4.28. The van der Waals surface area contributed by atoms with E-state index >= 15 is 0 Å². The Hall–Kier alpha value is -0.830. The molecule has 0 heterocycles. The van der Waals surface area contributed by atoms with Gasteiger partial charge in [-0.25, -0.2) is 4.79 Å². The molecule has 124 valence electrons. The van der Waals surface area contributed by atoms with Crippen LogP contribution in [-0.4, -0.2) is 37.1 Å². The number of esters is 1. The van der Waals surface area contributed by atoms with Gasteiger partial charge >= 0.3 is 5.97 Å². The zero-order chi connectivity index (χ0) is 16.3. The van der Waals surface area contributed by atoms with Crippen molar-refractivity contribution >= 4 is 5.97 Å². The van der Waals surface area contributed by atoms with E-state index in [4.69, 9.17) is 4.74 Å². The number of hydrogen-bond donors (Lipinski definition) is 0. The molecule has 0 rings (SSSR count). The Morgan fingerprint density at radius 2 is 1.48 bits per heavy atom. The number of nitrogens with zero attached hydrogens (tertiary/aromatic N) is 1. The molecular formula is C18H35NO2. The molecule has 0 bridgehead atoms. The summed E-state index contributed by atoms with van der Waals surface area (Å²) in [6, 6.07) is 0. The molecule has 0 amide bonds. The van der Waals surface area contributed by atoms with E-state index in [0.29, 0.717) is 12.2 Å². The lowest BCUT2D eigenvalue weighted by Gasteiger charge is -2.23. The van der Waals surface area contributed by atoms with E-state index in [1.54, 1.807) is 6.92 Å². The van der Waals surface area contributed by atoms with Crippen LogP contribution >= 0.6 is 0 Å². The molecule has 0 saturated carbocycles. The molecular weight excluding hydrogens is 262 g/mol.